The lowest BCUT2D eigenvalue weighted by atomic mass is 10.1. The third kappa shape index (κ3) is 2.54. The lowest BCUT2D eigenvalue weighted by Crippen LogP contribution is -2.48. The van der Waals surface area contributed by atoms with Gasteiger partial charge in [0, 0.05) is 11.0 Å². The summed E-state index contributed by atoms with van der Waals surface area (Å²) < 4.78 is 6.93. The van der Waals surface area contributed by atoms with Gasteiger partial charge in [0.25, 0.3) is 0 Å². The Morgan fingerprint density at radius 2 is 2.26 bits per heavy atom. The second kappa shape index (κ2) is 5.43. The van der Waals surface area contributed by atoms with Crippen LogP contribution in [-0.4, -0.2) is 30.4 Å². The fourth-order valence-corrected chi connectivity index (χ4v) is 3.86. The van der Waals surface area contributed by atoms with Gasteiger partial charge < -0.3 is 14.7 Å². The van der Waals surface area contributed by atoms with Gasteiger partial charge in [-0.1, -0.05) is 6.07 Å². The first kappa shape index (κ1) is 13.4. The third-order valence-corrected chi connectivity index (χ3v) is 4.88. The molecule has 1 aromatic rings. The summed E-state index contributed by atoms with van der Waals surface area (Å²) in [6.07, 6.45) is 3.64. The summed E-state index contributed by atoms with van der Waals surface area (Å²) in [6.45, 7) is 3.56. The van der Waals surface area contributed by atoms with E-state index in [1.54, 1.807) is 6.92 Å². The van der Waals surface area contributed by atoms with Crippen molar-refractivity contribution in [3.05, 3.63) is 28.2 Å². The van der Waals surface area contributed by atoms with Gasteiger partial charge in [0.2, 0.25) is 0 Å². The standard InChI is InChI=1S/C15H20BrNO2/c1-10(18)11-5-6-13(12(16)9-11)17-7-8-19-15-4-2-3-14(15)17/h5-6,9-10,14-15,18H,2-4,7-8H2,1H3. The van der Waals surface area contributed by atoms with Crippen LogP contribution in [0.3, 0.4) is 0 Å². The van der Waals surface area contributed by atoms with E-state index in [1.165, 1.54) is 24.9 Å². The van der Waals surface area contributed by atoms with Crippen molar-refractivity contribution in [2.75, 3.05) is 18.1 Å². The number of aliphatic hydroxyl groups excluding tert-OH is 1. The molecule has 3 rings (SSSR count). The van der Waals surface area contributed by atoms with Crippen molar-refractivity contribution in [2.24, 2.45) is 0 Å². The zero-order valence-electron chi connectivity index (χ0n) is 11.2. The molecule has 2 aliphatic rings. The molecule has 1 aromatic carbocycles. The Morgan fingerprint density at radius 1 is 1.42 bits per heavy atom. The number of benzene rings is 1. The average molecular weight is 326 g/mol. The molecule has 4 heteroatoms. The fraction of sp³-hybridized carbons (Fsp3) is 0.600. The number of fused-ring (bicyclic) bond motifs is 1. The number of halogens is 1. The molecule has 1 aliphatic carbocycles. The zero-order chi connectivity index (χ0) is 13.4. The molecule has 0 bridgehead atoms. The summed E-state index contributed by atoms with van der Waals surface area (Å²) in [7, 11) is 0. The minimum absolute atomic E-state index is 0.400. The number of nitrogens with zero attached hydrogens (tertiary/aromatic N) is 1. The molecular formula is C15H20BrNO2. The number of hydrogen-bond donors (Lipinski definition) is 1. The molecule has 1 N–H and O–H groups in total. The van der Waals surface area contributed by atoms with E-state index in [0.717, 1.165) is 23.2 Å². The van der Waals surface area contributed by atoms with Crippen molar-refractivity contribution in [1.29, 1.82) is 0 Å². The van der Waals surface area contributed by atoms with Crippen molar-refractivity contribution >= 4 is 21.6 Å². The van der Waals surface area contributed by atoms with Crippen LogP contribution in [0.15, 0.2) is 22.7 Å². The van der Waals surface area contributed by atoms with E-state index in [4.69, 9.17) is 4.74 Å². The summed E-state index contributed by atoms with van der Waals surface area (Å²) in [5.41, 5.74) is 2.18. The average Bonchev–Trinajstić information content (AvgIpc) is 2.86. The van der Waals surface area contributed by atoms with Gasteiger partial charge >= 0.3 is 0 Å². The Bertz CT molecular complexity index is 463. The molecule has 0 amide bonds. The van der Waals surface area contributed by atoms with Crippen LogP contribution >= 0.6 is 15.9 Å². The summed E-state index contributed by atoms with van der Waals surface area (Å²) in [6, 6.07) is 6.68. The number of rotatable bonds is 2. The van der Waals surface area contributed by atoms with Crippen LogP contribution in [0.5, 0.6) is 0 Å². The topological polar surface area (TPSA) is 32.7 Å². The van der Waals surface area contributed by atoms with E-state index < -0.39 is 6.10 Å². The van der Waals surface area contributed by atoms with Crippen LogP contribution in [0, 0.1) is 0 Å². The molecule has 1 saturated heterocycles. The SMILES string of the molecule is CC(O)c1ccc(N2CCOC3CCCC32)c(Br)c1. The van der Waals surface area contributed by atoms with Gasteiger partial charge in [-0.3, -0.25) is 0 Å². The van der Waals surface area contributed by atoms with E-state index in [1.807, 2.05) is 12.1 Å². The van der Waals surface area contributed by atoms with E-state index in [-0.39, 0.29) is 0 Å². The molecule has 3 unspecified atom stereocenters. The predicted molar refractivity (Wildman–Crippen MR) is 79.5 cm³/mol. The lowest BCUT2D eigenvalue weighted by molar-refractivity contribution is 0.0256. The molecule has 1 heterocycles. The largest absolute Gasteiger partial charge is 0.389 e. The summed E-state index contributed by atoms with van der Waals surface area (Å²) in [5, 5.41) is 9.65. The summed E-state index contributed by atoms with van der Waals surface area (Å²) in [4.78, 5) is 2.47. The molecule has 104 valence electrons. The monoisotopic (exact) mass is 325 g/mol. The highest BCUT2D eigenvalue weighted by molar-refractivity contribution is 9.10. The van der Waals surface area contributed by atoms with Gasteiger partial charge in [-0.05, 0) is 59.8 Å². The molecule has 3 atom stereocenters. The summed E-state index contributed by atoms with van der Waals surface area (Å²) in [5.74, 6) is 0. The van der Waals surface area contributed by atoms with Gasteiger partial charge in [0.05, 0.1) is 30.5 Å². The first-order valence-electron chi connectivity index (χ1n) is 7.02. The molecule has 19 heavy (non-hydrogen) atoms. The van der Waals surface area contributed by atoms with Crippen LogP contribution in [0.25, 0.3) is 0 Å². The minimum atomic E-state index is -0.422. The predicted octanol–water partition coefficient (Wildman–Crippen LogP) is 3.26. The second-order valence-electron chi connectivity index (χ2n) is 5.49. The first-order chi connectivity index (χ1) is 9.16. The van der Waals surface area contributed by atoms with Gasteiger partial charge in [-0.15, -0.1) is 0 Å². The number of anilines is 1. The summed E-state index contributed by atoms with van der Waals surface area (Å²) >= 11 is 3.65. The maximum atomic E-state index is 9.65. The van der Waals surface area contributed by atoms with E-state index >= 15 is 0 Å². The normalized spacial score (nSPS) is 28.3. The Balaban J connectivity index is 1.88. The molecule has 3 nitrogen and oxygen atoms in total. The third-order valence-electron chi connectivity index (χ3n) is 4.25. The molecule has 2 fully saturated rings. The minimum Gasteiger partial charge on any atom is -0.389 e. The van der Waals surface area contributed by atoms with E-state index in [0.29, 0.717) is 12.1 Å². The number of aliphatic hydroxyl groups is 1. The van der Waals surface area contributed by atoms with Gasteiger partial charge in [0.1, 0.15) is 0 Å². The maximum Gasteiger partial charge on any atom is 0.0779 e. The van der Waals surface area contributed by atoms with E-state index in [2.05, 4.69) is 26.9 Å². The Labute approximate surface area is 122 Å². The molecular weight excluding hydrogens is 306 g/mol. The number of morpholine rings is 1. The smallest absolute Gasteiger partial charge is 0.0779 e. The van der Waals surface area contributed by atoms with Crippen LogP contribution in [-0.2, 0) is 4.74 Å². The lowest BCUT2D eigenvalue weighted by Gasteiger charge is -2.40. The van der Waals surface area contributed by atoms with E-state index in [9.17, 15) is 5.11 Å². The highest BCUT2D eigenvalue weighted by Gasteiger charge is 2.36. The van der Waals surface area contributed by atoms with Crippen LogP contribution in [0.2, 0.25) is 0 Å². The quantitative estimate of drug-likeness (QED) is 0.905. The number of hydrogen-bond acceptors (Lipinski definition) is 3. The highest BCUT2D eigenvalue weighted by atomic mass is 79.9. The van der Waals surface area contributed by atoms with Gasteiger partial charge in [-0.25, -0.2) is 0 Å². The Morgan fingerprint density at radius 3 is 3.00 bits per heavy atom. The maximum absolute atomic E-state index is 9.65. The van der Waals surface area contributed by atoms with Crippen molar-refractivity contribution < 1.29 is 9.84 Å². The molecule has 1 aliphatic heterocycles. The number of ether oxygens (including phenoxy) is 1. The van der Waals surface area contributed by atoms with Crippen LogP contribution in [0.4, 0.5) is 5.69 Å². The Kier molecular flexibility index (Phi) is 3.83. The van der Waals surface area contributed by atoms with Gasteiger partial charge in [0.15, 0.2) is 0 Å². The van der Waals surface area contributed by atoms with Crippen LogP contribution in [0.1, 0.15) is 37.9 Å². The van der Waals surface area contributed by atoms with Crippen LogP contribution < -0.4 is 4.90 Å². The molecule has 1 saturated carbocycles. The van der Waals surface area contributed by atoms with Crippen molar-refractivity contribution in [3.63, 3.8) is 0 Å². The van der Waals surface area contributed by atoms with Gasteiger partial charge in [-0.2, -0.15) is 0 Å². The Hall–Kier alpha value is -0.580. The molecule has 0 aromatic heterocycles. The van der Waals surface area contributed by atoms with Crippen molar-refractivity contribution in [3.8, 4) is 0 Å². The zero-order valence-corrected chi connectivity index (χ0v) is 12.8. The van der Waals surface area contributed by atoms with Crippen molar-refractivity contribution in [1.82, 2.24) is 0 Å². The molecule has 0 spiro atoms. The first-order valence-corrected chi connectivity index (χ1v) is 7.82. The fourth-order valence-electron chi connectivity index (χ4n) is 3.24. The van der Waals surface area contributed by atoms with Crippen molar-refractivity contribution in [2.45, 2.75) is 44.4 Å². The second-order valence-corrected chi connectivity index (χ2v) is 6.34. The molecule has 0 radical (unpaired) electrons. The highest BCUT2D eigenvalue weighted by Crippen LogP contribution is 2.37.